The minimum atomic E-state index is -0.614. The van der Waals surface area contributed by atoms with Gasteiger partial charge in [-0.25, -0.2) is 4.79 Å². The molecule has 7 nitrogen and oxygen atoms in total. The second kappa shape index (κ2) is 11.3. The van der Waals surface area contributed by atoms with Crippen molar-refractivity contribution in [1.82, 2.24) is 4.90 Å². The number of hydrogen-bond acceptors (Lipinski definition) is 6. The molecule has 1 heterocycles. The molecule has 0 bridgehead atoms. The summed E-state index contributed by atoms with van der Waals surface area (Å²) in [6.45, 7) is 0.635. The topological polar surface area (TPSA) is 74.3 Å². The molecule has 0 aromatic heterocycles. The lowest BCUT2D eigenvalue weighted by Crippen LogP contribution is -2.44. The van der Waals surface area contributed by atoms with Gasteiger partial charge in [0, 0.05) is 12.6 Å². The second-order valence-corrected chi connectivity index (χ2v) is 8.28. The first-order valence-corrected chi connectivity index (χ1v) is 11.3. The summed E-state index contributed by atoms with van der Waals surface area (Å²) in [5.74, 6) is 0.926. The van der Waals surface area contributed by atoms with Crippen LogP contribution in [0, 0.1) is 0 Å². The first kappa shape index (κ1) is 24.7. The zero-order valence-electron chi connectivity index (χ0n) is 19.5. The molecule has 0 N–H and O–H groups in total. The van der Waals surface area contributed by atoms with E-state index >= 15 is 0 Å². The average Bonchev–Trinajstić information content (AvgIpc) is 2.86. The molecule has 2 aromatic carbocycles. The molecule has 0 spiro atoms. The third-order valence-corrected chi connectivity index (χ3v) is 6.43. The summed E-state index contributed by atoms with van der Waals surface area (Å²) in [7, 11) is 5.97. The molecule has 1 fully saturated rings. The van der Waals surface area contributed by atoms with E-state index in [1.807, 2.05) is 23.1 Å². The predicted octanol–water partition coefficient (Wildman–Crippen LogP) is 4.78. The number of carbonyl (C=O) groups is 2. The number of methoxy groups -OCH3 is 4. The number of ether oxygens (including phenoxy) is 4. The van der Waals surface area contributed by atoms with E-state index in [4.69, 9.17) is 30.5 Å². The highest BCUT2D eigenvalue weighted by molar-refractivity contribution is 6.36. The van der Waals surface area contributed by atoms with Crippen molar-refractivity contribution in [1.29, 1.82) is 0 Å². The fourth-order valence-corrected chi connectivity index (χ4v) is 4.49. The van der Waals surface area contributed by atoms with Crippen LogP contribution in [-0.4, -0.2) is 57.8 Å². The molecule has 8 heteroatoms. The van der Waals surface area contributed by atoms with Crippen LogP contribution in [0.15, 0.2) is 30.3 Å². The number of halogens is 1. The van der Waals surface area contributed by atoms with Crippen molar-refractivity contribution < 1.29 is 28.5 Å². The van der Waals surface area contributed by atoms with Crippen LogP contribution in [0.25, 0.3) is 0 Å². The maximum absolute atomic E-state index is 13.6. The lowest BCUT2D eigenvalue weighted by Gasteiger charge is -2.36. The molecule has 0 saturated carbocycles. The molecule has 1 unspecified atom stereocenters. The van der Waals surface area contributed by atoms with Gasteiger partial charge in [0.2, 0.25) is 0 Å². The number of esters is 1. The zero-order chi connectivity index (χ0) is 24.0. The fraction of sp³-hybridized carbons (Fsp3) is 0.440. The Morgan fingerprint density at radius 1 is 0.970 bits per heavy atom. The van der Waals surface area contributed by atoms with Crippen LogP contribution in [0.3, 0.4) is 0 Å². The first-order valence-electron chi connectivity index (χ1n) is 10.9. The van der Waals surface area contributed by atoms with Crippen molar-refractivity contribution in [2.45, 2.75) is 38.1 Å². The van der Waals surface area contributed by atoms with E-state index in [9.17, 15) is 9.59 Å². The molecular formula is C25H30ClNO6. The smallest absolute Gasteiger partial charge is 0.339 e. The molecular weight excluding hydrogens is 446 g/mol. The van der Waals surface area contributed by atoms with Gasteiger partial charge < -0.3 is 23.8 Å². The molecule has 3 rings (SSSR count). The number of rotatable bonds is 8. The van der Waals surface area contributed by atoms with Gasteiger partial charge in [0.05, 0.1) is 44.6 Å². The summed E-state index contributed by atoms with van der Waals surface area (Å²) in [5, 5.41) is 0.0804. The zero-order valence-corrected chi connectivity index (χ0v) is 20.2. The fourth-order valence-electron chi connectivity index (χ4n) is 4.22. The Morgan fingerprint density at radius 2 is 1.70 bits per heavy atom. The van der Waals surface area contributed by atoms with E-state index in [-0.39, 0.29) is 28.1 Å². The predicted molar refractivity (Wildman–Crippen MR) is 126 cm³/mol. The molecule has 2 aromatic rings. The molecule has 0 aliphatic carbocycles. The van der Waals surface area contributed by atoms with Crippen molar-refractivity contribution in [2.24, 2.45) is 0 Å². The van der Waals surface area contributed by atoms with Gasteiger partial charge >= 0.3 is 5.97 Å². The van der Waals surface area contributed by atoms with Crippen LogP contribution in [-0.2, 0) is 11.2 Å². The third kappa shape index (κ3) is 5.53. The van der Waals surface area contributed by atoms with Crippen LogP contribution in [0.5, 0.6) is 17.2 Å². The number of aryl methyl sites for hydroxylation is 1. The molecule has 1 amide bonds. The maximum Gasteiger partial charge on any atom is 0.339 e. The third-order valence-electron chi connectivity index (χ3n) is 6.02. The monoisotopic (exact) mass is 475 g/mol. The Kier molecular flexibility index (Phi) is 8.44. The Balaban J connectivity index is 1.83. The molecule has 1 aliphatic heterocycles. The number of nitrogens with zero attached hydrogens (tertiary/aromatic N) is 1. The van der Waals surface area contributed by atoms with Crippen molar-refractivity contribution in [3.8, 4) is 17.2 Å². The van der Waals surface area contributed by atoms with Crippen LogP contribution < -0.4 is 14.2 Å². The molecule has 33 heavy (non-hydrogen) atoms. The van der Waals surface area contributed by atoms with Gasteiger partial charge in [-0.05, 0) is 61.9 Å². The van der Waals surface area contributed by atoms with Crippen molar-refractivity contribution in [3.63, 3.8) is 0 Å². The highest BCUT2D eigenvalue weighted by Gasteiger charge is 2.30. The van der Waals surface area contributed by atoms with Gasteiger partial charge in [-0.2, -0.15) is 0 Å². The lowest BCUT2D eigenvalue weighted by atomic mass is 9.94. The highest BCUT2D eigenvalue weighted by Crippen LogP contribution is 2.32. The van der Waals surface area contributed by atoms with Gasteiger partial charge in [0.15, 0.2) is 11.5 Å². The van der Waals surface area contributed by atoms with Crippen molar-refractivity contribution in [2.75, 3.05) is 35.0 Å². The van der Waals surface area contributed by atoms with Crippen molar-refractivity contribution in [3.05, 3.63) is 52.0 Å². The highest BCUT2D eigenvalue weighted by atomic mass is 35.5. The summed E-state index contributed by atoms with van der Waals surface area (Å²) in [4.78, 5) is 27.6. The molecule has 1 saturated heterocycles. The van der Waals surface area contributed by atoms with Gasteiger partial charge in [-0.1, -0.05) is 17.7 Å². The number of piperidine rings is 1. The van der Waals surface area contributed by atoms with Crippen LogP contribution in [0.1, 0.15) is 52.0 Å². The van der Waals surface area contributed by atoms with E-state index in [0.717, 1.165) is 37.7 Å². The molecule has 0 radical (unpaired) electrons. The molecule has 1 atom stereocenters. The van der Waals surface area contributed by atoms with Crippen LogP contribution in [0.4, 0.5) is 0 Å². The Morgan fingerprint density at radius 3 is 2.36 bits per heavy atom. The number of carbonyl (C=O) groups excluding carboxylic acids is 2. The first-order chi connectivity index (χ1) is 15.9. The standard InChI is InChI=1S/C25H30ClNO6/c1-30-18-14-19(23(26)20(15-18)25(29)33-4)24(28)27-12-6-5-7-17(27)10-8-16-9-11-21(31-2)22(13-16)32-3/h9,11,13-15,17H,5-8,10,12H2,1-4H3. The Hall–Kier alpha value is -2.93. The normalized spacial score (nSPS) is 15.7. The van der Waals surface area contributed by atoms with E-state index in [1.165, 1.54) is 20.3 Å². The van der Waals surface area contributed by atoms with E-state index in [2.05, 4.69) is 0 Å². The van der Waals surface area contributed by atoms with E-state index in [1.54, 1.807) is 20.3 Å². The molecule has 178 valence electrons. The number of hydrogen-bond donors (Lipinski definition) is 0. The summed E-state index contributed by atoms with van der Waals surface area (Å²) in [6.07, 6.45) is 4.47. The van der Waals surface area contributed by atoms with Gasteiger partial charge in [-0.3, -0.25) is 4.79 Å². The Labute approximate surface area is 199 Å². The number of benzene rings is 2. The average molecular weight is 476 g/mol. The summed E-state index contributed by atoms with van der Waals surface area (Å²) in [6, 6.07) is 8.99. The quantitative estimate of drug-likeness (QED) is 0.511. The summed E-state index contributed by atoms with van der Waals surface area (Å²) in [5.41, 5.74) is 1.47. The van der Waals surface area contributed by atoms with E-state index < -0.39 is 5.97 Å². The lowest BCUT2D eigenvalue weighted by molar-refractivity contribution is 0.0599. The van der Waals surface area contributed by atoms with Gasteiger partial charge in [-0.15, -0.1) is 0 Å². The van der Waals surface area contributed by atoms with Crippen LogP contribution >= 0.6 is 11.6 Å². The number of amides is 1. The SMILES string of the molecule is COC(=O)c1cc(OC)cc(C(=O)N2CCCCC2CCc2ccc(OC)c(OC)c2)c1Cl. The second-order valence-electron chi connectivity index (χ2n) is 7.90. The minimum absolute atomic E-state index is 0.0585. The van der Waals surface area contributed by atoms with Crippen molar-refractivity contribution >= 4 is 23.5 Å². The van der Waals surface area contributed by atoms with Crippen LogP contribution in [0.2, 0.25) is 5.02 Å². The summed E-state index contributed by atoms with van der Waals surface area (Å²) < 4.78 is 20.8. The summed E-state index contributed by atoms with van der Waals surface area (Å²) >= 11 is 6.48. The largest absolute Gasteiger partial charge is 0.497 e. The van der Waals surface area contributed by atoms with Gasteiger partial charge in [0.1, 0.15) is 5.75 Å². The number of likely N-dealkylation sites (tertiary alicyclic amines) is 1. The minimum Gasteiger partial charge on any atom is -0.497 e. The molecule has 1 aliphatic rings. The Bertz CT molecular complexity index is 1010. The van der Waals surface area contributed by atoms with Gasteiger partial charge in [0.25, 0.3) is 5.91 Å². The van der Waals surface area contributed by atoms with E-state index in [0.29, 0.717) is 23.8 Å². The maximum atomic E-state index is 13.6.